The fraction of sp³-hybridized carbons (Fsp3) is 0.667. The highest BCUT2D eigenvalue weighted by molar-refractivity contribution is 5.40. The fourth-order valence-corrected chi connectivity index (χ4v) is 2.34. The maximum Gasteiger partial charge on any atom is 0.126 e. The van der Waals surface area contributed by atoms with Crippen LogP contribution in [0.4, 0.5) is 0 Å². The maximum absolute atomic E-state index is 6.03. The standard InChI is InChI=1S/C18H31NO2/c1-4-5-6-7-8-13-21-18-16(2)10-9-11-17(18)15-19-12-14-20-3/h9-11,19H,4-8,12-15H2,1-3H3. The van der Waals surface area contributed by atoms with Crippen molar-refractivity contribution >= 4 is 0 Å². The van der Waals surface area contributed by atoms with Crippen LogP contribution in [0.2, 0.25) is 0 Å². The van der Waals surface area contributed by atoms with E-state index in [0.29, 0.717) is 0 Å². The van der Waals surface area contributed by atoms with E-state index in [4.69, 9.17) is 9.47 Å². The van der Waals surface area contributed by atoms with Gasteiger partial charge in [0.05, 0.1) is 13.2 Å². The van der Waals surface area contributed by atoms with Crippen molar-refractivity contribution in [3.05, 3.63) is 29.3 Å². The van der Waals surface area contributed by atoms with Crippen LogP contribution in [0.15, 0.2) is 18.2 Å². The zero-order valence-corrected chi connectivity index (χ0v) is 13.9. The minimum atomic E-state index is 0.736. The molecular formula is C18H31NO2. The third-order valence-corrected chi connectivity index (χ3v) is 3.59. The summed E-state index contributed by atoms with van der Waals surface area (Å²) in [5, 5.41) is 3.38. The van der Waals surface area contributed by atoms with Gasteiger partial charge in [-0.1, -0.05) is 50.8 Å². The Morgan fingerprint density at radius 2 is 1.86 bits per heavy atom. The van der Waals surface area contributed by atoms with E-state index >= 15 is 0 Å². The number of para-hydroxylation sites is 1. The van der Waals surface area contributed by atoms with Gasteiger partial charge in [0.15, 0.2) is 0 Å². The lowest BCUT2D eigenvalue weighted by molar-refractivity contribution is 0.199. The molecule has 1 N–H and O–H groups in total. The molecule has 0 aromatic heterocycles. The van der Waals surface area contributed by atoms with Gasteiger partial charge in [0.2, 0.25) is 0 Å². The zero-order chi connectivity index (χ0) is 15.3. The van der Waals surface area contributed by atoms with Crippen molar-refractivity contribution < 1.29 is 9.47 Å². The van der Waals surface area contributed by atoms with Gasteiger partial charge in [-0.25, -0.2) is 0 Å². The normalized spacial score (nSPS) is 10.8. The Hall–Kier alpha value is -1.06. The molecule has 0 aliphatic rings. The Bertz CT molecular complexity index is 379. The van der Waals surface area contributed by atoms with Gasteiger partial charge in [-0.15, -0.1) is 0 Å². The van der Waals surface area contributed by atoms with Gasteiger partial charge in [0.1, 0.15) is 5.75 Å². The lowest BCUT2D eigenvalue weighted by atomic mass is 10.1. The second kappa shape index (κ2) is 11.6. The van der Waals surface area contributed by atoms with Crippen LogP contribution >= 0.6 is 0 Å². The summed E-state index contributed by atoms with van der Waals surface area (Å²) in [6.45, 7) is 7.61. The highest BCUT2D eigenvalue weighted by Crippen LogP contribution is 2.23. The third kappa shape index (κ3) is 7.49. The summed E-state index contributed by atoms with van der Waals surface area (Å²) in [6, 6.07) is 6.35. The Morgan fingerprint density at radius 3 is 2.62 bits per heavy atom. The molecule has 0 radical (unpaired) electrons. The molecule has 0 atom stereocenters. The van der Waals surface area contributed by atoms with Gasteiger partial charge < -0.3 is 14.8 Å². The average molecular weight is 293 g/mol. The third-order valence-electron chi connectivity index (χ3n) is 3.59. The van der Waals surface area contributed by atoms with Gasteiger partial charge in [-0.05, 0) is 18.9 Å². The molecule has 1 aromatic rings. The summed E-state index contributed by atoms with van der Waals surface area (Å²) in [5.41, 5.74) is 2.45. The van der Waals surface area contributed by atoms with Crippen molar-refractivity contribution in [2.24, 2.45) is 0 Å². The van der Waals surface area contributed by atoms with Crippen LogP contribution in [-0.4, -0.2) is 26.9 Å². The topological polar surface area (TPSA) is 30.5 Å². The Labute approximate surface area is 130 Å². The molecule has 3 heteroatoms. The van der Waals surface area contributed by atoms with E-state index in [2.05, 4.69) is 37.4 Å². The van der Waals surface area contributed by atoms with Crippen LogP contribution in [0.1, 0.15) is 50.2 Å². The molecule has 21 heavy (non-hydrogen) atoms. The number of hydrogen-bond acceptors (Lipinski definition) is 3. The van der Waals surface area contributed by atoms with E-state index in [9.17, 15) is 0 Å². The molecule has 1 rings (SSSR count). The maximum atomic E-state index is 6.03. The molecule has 3 nitrogen and oxygen atoms in total. The molecule has 0 unspecified atom stereocenters. The molecular weight excluding hydrogens is 262 g/mol. The van der Waals surface area contributed by atoms with E-state index < -0.39 is 0 Å². The van der Waals surface area contributed by atoms with Crippen LogP contribution in [0, 0.1) is 6.92 Å². The second-order valence-corrected chi connectivity index (χ2v) is 5.50. The van der Waals surface area contributed by atoms with Crippen molar-refractivity contribution in [3.63, 3.8) is 0 Å². The minimum absolute atomic E-state index is 0.736. The van der Waals surface area contributed by atoms with E-state index in [1.807, 2.05) is 0 Å². The first-order valence-electron chi connectivity index (χ1n) is 8.20. The number of ether oxygens (including phenoxy) is 2. The van der Waals surface area contributed by atoms with Crippen LogP contribution in [0.3, 0.4) is 0 Å². The van der Waals surface area contributed by atoms with Gasteiger partial charge in [0, 0.05) is 25.8 Å². The Morgan fingerprint density at radius 1 is 1.05 bits per heavy atom. The van der Waals surface area contributed by atoms with Crippen molar-refractivity contribution in [2.75, 3.05) is 26.9 Å². The molecule has 0 saturated heterocycles. The highest BCUT2D eigenvalue weighted by atomic mass is 16.5. The fourth-order valence-electron chi connectivity index (χ4n) is 2.34. The van der Waals surface area contributed by atoms with Crippen LogP contribution in [-0.2, 0) is 11.3 Å². The molecule has 1 aromatic carbocycles. The first kappa shape index (κ1) is 18.0. The molecule has 0 spiro atoms. The number of aryl methyl sites for hydroxylation is 1. The average Bonchev–Trinajstić information content (AvgIpc) is 2.49. The van der Waals surface area contributed by atoms with Crippen LogP contribution in [0.5, 0.6) is 5.75 Å². The Balaban J connectivity index is 2.39. The highest BCUT2D eigenvalue weighted by Gasteiger charge is 2.06. The predicted molar refractivity (Wildman–Crippen MR) is 89.0 cm³/mol. The minimum Gasteiger partial charge on any atom is -0.493 e. The second-order valence-electron chi connectivity index (χ2n) is 5.50. The lowest BCUT2D eigenvalue weighted by Crippen LogP contribution is -2.19. The summed E-state index contributed by atoms with van der Waals surface area (Å²) in [4.78, 5) is 0. The first-order chi connectivity index (χ1) is 10.3. The van der Waals surface area contributed by atoms with E-state index in [1.54, 1.807) is 7.11 Å². The summed E-state index contributed by atoms with van der Waals surface area (Å²) in [5.74, 6) is 1.05. The van der Waals surface area contributed by atoms with Crippen LogP contribution < -0.4 is 10.1 Å². The van der Waals surface area contributed by atoms with Crippen molar-refractivity contribution in [1.29, 1.82) is 0 Å². The van der Waals surface area contributed by atoms with Crippen LogP contribution in [0.25, 0.3) is 0 Å². The molecule has 0 heterocycles. The number of rotatable bonds is 12. The van der Waals surface area contributed by atoms with Gasteiger partial charge in [-0.2, -0.15) is 0 Å². The van der Waals surface area contributed by atoms with E-state index in [1.165, 1.54) is 36.8 Å². The summed E-state index contributed by atoms with van der Waals surface area (Å²) >= 11 is 0. The first-order valence-corrected chi connectivity index (χ1v) is 8.20. The van der Waals surface area contributed by atoms with Crippen molar-refractivity contribution in [2.45, 2.75) is 52.5 Å². The quantitative estimate of drug-likeness (QED) is 0.589. The van der Waals surface area contributed by atoms with Gasteiger partial charge in [0.25, 0.3) is 0 Å². The number of unbranched alkanes of at least 4 members (excludes halogenated alkanes) is 4. The zero-order valence-electron chi connectivity index (χ0n) is 13.9. The summed E-state index contributed by atoms with van der Waals surface area (Å²) in [7, 11) is 1.72. The number of hydrogen-bond donors (Lipinski definition) is 1. The molecule has 0 bridgehead atoms. The molecule has 0 aliphatic heterocycles. The number of methoxy groups -OCH3 is 1. The van der Waals surface area contributed by atoms with Crippen molar-refractivity contribution in [1.82, 2.24) is 5.32 Å². The van der Waals surface area contributed by atoms with Gasteiger partial charge in [-0.3, -0.25) is 0 Å². The van der Waals surface area contributed by atoms with E-state index in [0.717, 1.165) is 38.5 Å². The number of benzene rings is 1. The summed E-state index contributed by atoms with van der Waals surface area (Å²) < 4.78 is 11.1. The predicted octanol–water partition coefficient (Wildman–Crippen LogP) is 4.08. The monoisotopic (exact) mass is 293 g/mol. The molecule has 0 fully saturated rings. The molecule has 0 amide bonds. The summed E-state index contributed by atoms with van der Waals surface area (Å²) in [6.07, 6.45) is 6.35. The number of nitrogens with one attached hydrogen (secondary N) is 1. The Kier molecular flexibility index (Phi) is 9.92. The van der Waals surface area contributed by atoms with E-state index in [-0.39, 0.29) is 0 Å². The smallest absolute Gasteiger partial charge is 0.126 e. The largest absolute Gasteiger partial charge is 0.493 e. The molecule has 120 valence electrons. The van der Waals surface area contributed by atoms with Crippen molar-refractivity contribution in [3.8, 4) is 5.75 Å². The molecule has 0 aliphatic carbocycles. The lowest BCUT2D eigenvalue weighted by Gasteiger charge is -2.14. The molecule has 0 saturated carbocycles. The van der Waals surface area contributed by atoms with Gasteiger partial charge >= 0.3 is 0 Å². The SMILES string of the molecule is CCCCCCCOc1c(C)cccc1CNCCOC.